The number of aliphatic hydroxyl groups is 1. The third-order valence-electron chi connectivity index (χ3n) is 4.28. The first kappa shape index (κ1) is 17.2. The lowest BCUT2D eigenvalue weighted by molar-refractivity contribution is 0.157. The number of allylic oxidation sites excluding steroid dienone is 1. The molecule has 1 aromatic heterocycles. The molecule has 0 saturated carbocycles. The topological polar surface area (TPSA) is 47.3 Å². The first-order valence-electron chi connectivity index (χ1n) is 8.69. The summed E-state index contributed by atoms with van der Waals surface area (Å²) < 4.78 is 8.06. The maximum atomic E-state index is 10.3. The number of rotatable bonds is 8. The highest BCUT2D eigenvalue weighted by Gasteiger charge is 2.16. The van der Waals surface area contributed by atoms with Crippen LogP contribution in [0.4, 0.5) is 0 Å². The molecule has 0 aliphatic carbocycles. The van der Waals surface area contributed by atoms with Crippen molar-refractivity contribution in [3.63, 3.8) is 0 Å². The maximum Gasteiger partial charge on any atom is 0.138 e. The number of para-hydroxylation sites is 3. The van der Waals surface area contributed by atoms with E-state index in [0.717, 1.165) is 28.8 Å². The first-order valence-corrected chi connectivity index (χ1v) is 8.69. The SMILES string of the molecule is C=CCc1ccccc1OCCn1c([C@H](O)CC)nc2ccccc21. The third-order valence-corrected chi connectivity index (χ3v) is 4.28. The summed E-state index contributed by atoms with van der Waals surface area (Å²) in [5.74, 6) is 1.58. The fourth-order valence-corrected chi connectivity index (χ4v) is 2.98. The second kappa shape index (κ2) is 7.99. The van der Waals surface area contributed by atoms with Gasteiger partial charge < -0.3 is 14.4 Å². The van der Waals surface area contributed by atoms with E-state index in [9.17, 15) is 5.11 Å². The Labute approximate surface area is 148 Å². The van der Waals surface area contributed by atoms with E-state index in [1.54, 1.807) is 0 Å². The minimum Gasteiger partial charge on any atom is -0.491 e. The zero-order valence-electron chi connectivity index (χ0n) is 14.6. The Kier molecular flexibility index (Phi) is 5.51. The summed E-state index contributed by atoms with van der Waals surface area (Å²) in [7, 11) is 0. The van der Waals surface area contributed by atoms with Crippen molar-refractivity contribution >= 4 is 11.0 Å². The zero-order chi connectivity index (χ0) is 17.6. The summed E-state index contributed by atoms with van der Waals surface area (Å²) in [6.07, 6.45) is 2.72. The van der Waals surface area contributed by atoms with Crippen molar-refractivity contribution in [2.24, 2.45) is 0 Å². The molecule has 0 spiro atoms. The summed E-state index contributed by atoms with van der Waals surface area (Å²) in [6, 6.07) is 16.0. The van der Waals surface area contributed by atoms with Gasteiger partial charge in [-0.05, 0) is 36.6 Å². The van der Waals surface area contributed by atoms with Crippen LogP contribution in [0.15, 0.2) is 61.2 Å². The second-order valence-electron chi connectivity index (χ2n) is 5.98. The molecule has 0 aliphatic heterocycles. The summed E-state index contributed by atoms with van der Waals surface area (Å²) in [4.78, 5) is 4.60. The molecule has 0 bridgehead atoms. The van der Waals surface area contributed by atoms with Crippen LogP contribution in [-0.2, 0) is 13.0 Å². The molecule has 0 radical (unpaired) electrons. The lowest BCUT2D eigenvalue weighted by Gasteiger charge is -2.14. The molecule has 1 heterocycles. The van der Waals surface area contributed by atoms with E-state index in [1.807, 2.05) is 55.5 Å². The Hall–Kier alpha value is -2.59. The van der Waals surface area contributed by atoms with Crippen molar-refractivity contribution in [1.29, 1.82) is 0 Å². The van der Waals surface area contributed by atoms with E-state index in [0.29, 0.717) is 25.4 Å². The molecule has 0 amide bonds. The molecule has 3 rings (SSSR count). The molecule has 4 heteroatoms. The van der Waals surface area contributed by atoms with Gasteiger partial charge in [0.2, 0.25) is 0 Å². The highest BCUT2D eigenvalue weighted by atomic mass is 16.5. The minimum absolute atomic E-state index is 0.512. The minimum atomic E-state index is -0.569. The number of nitrogens with zero attached hydrogens (tertiary/aromatic N) is 2. The average molecular weight is 336 g/mol. The fourth-order valence-electron chi connectivity index (χ4n) is 2.98. The number of hydrogen-bond acceptors (Lipinski definition) is 3. The van der Waals surface area contributed by atoms with Gasteiger partial charge in [0, 0.05) is 0 Å². The number of imidazole rings is 1. The quantitative estimate of drug-likeness (QED) is 0.624. The van der Waals surface area contributed by atoms with E-state index in [-0.39, 0.29) is 0 Å². The van der Waals surface area contributed by atoms with E-state index in [1.165, 1.54) is 0 Å². The molecule has 0 unspecified atom stereocenters. The van der Waals surface area contributed by atoms with E-state index in [4.69, 9.17) is 4.74 Å². The summed E-state index contributed by atoms with van der Waals surface area (Å²) in [5, 5.41) is 10.3. The molecular formula is C21H24N2O2. The lowest BCUT2D eigenvalue weighted by atomic mass is 10.1. The predicted octanol–water partition coefficient (Wildman–Crippen LogP) is 4.29. The molecule has 0 saturated heterocycles. The highest BCUT2D eigenvalue weighted by molar-refractivity contribution is 5.76. The summed E-state index contributed by atoms with van der Waals surface area (Å²) in [6.45, 7) is 6.90. The van der Waals surface area contributed by atoms with Crippen LogP contribution in [-0.4, -0.2) is 21.3 Å². The van der Waals surface area contributed by atoms with Gasteiger partial charge in [-0.3, -0.25) is 0 Å². The van der Waals surface area contributed by atoms with Gasteiger partial charge in [0.15, 0.2) is 0 Å². The van der Waals surface area contributed by atoms with Crippen LogP contribution >= 0.6 is 0 Å². The maximum absolute atomic E-state index is 10.3. The first-order chi connectivity index (χ1) is 12.2. The van der Waals surface area contributed by atoms with Gasteiger partial charge in [0.05, 0.1) is 17.6 Å². The predicted molar refractivity (Wildman–Crippen MR) is 101 cm³/mol. The van der Waals surface area contributed by atoms with Crippen LogP contribution in [0, 0.1) is 0 Å². The van der Waals surface area contributed by atoms with Crippen molar-refractivity contribution in [2.45, 2.75) is 32.4 Å². The molecule has 1 N–H and O–H groups in total. The Morgan fingerprint density at radius 3 is 2.76 bits per heavy atom. The van der Waals surface area contributed by atoms with Gasteiger partial charge in [0.1, 0.15) is 24.3 Å². The third kappa shape index (κ3) is 3.74. The van der Waals surface area contributed by atoms with Crippen molar-refractivity contribution in [2.75, 3.05) is 6.61 Å². The number of fused-ring (bicyclic) bond motifs is 1. The Morgan fingerprint density at radius 1 is 1.20 bits per heavy atom. The van der Waals surface area contributed by atoms with E-state index >= 15 is 0 Å². The smallest absolute Gasteiger partial charge is 0.138 e. The van der Waals surface area contributed by atoms with Crippen molar-refractivity contribution in [3.05, 3.63) is 72.6 Å². The molecule has 25 heavy (non-hydrogen) atoms. The normalized spacial score (nSPS) is 12.2. The van der Waals surface area contributed by atoms with Gasteiger partial charge >= 0.3 is 0 Å². The van der Waals surface area contributed by atoms with Crippen LogP contribution in [0.1, 0.15) is 30.8 Å². The molecule has 0 aliphatic rings. The molecular weight excluding hydrogens is 312 g/mol. The molecule has 130 valence electrons. The lowest BCUT2D eigenvalue weighted by Crippen LogP contribution is -2.14. The van der Waals surface area contributed by atoms with Gasteiger partial charge in [-0.1, -0.05) is 43.3 Å². The van der Waals surface area contributed by atoms with Crippen LogP contribution in [0.5, 0.6) is 5.75 Å². The zero-order valence-corrected chi connectivity index (χ0v) is 14.6. The number of aliphatic hydroxyl groups excluding tert-OH is 1. The highest BCUT2D eigenvalue weighted by Crippen LogP contribution is 2.23. The molecule has 4 nitrogen and oxygen atoms in total. The van der Waals surface area contributed by atoms with Gasteiger partial charge in [-0.25, -0.2) is 4.98 Å². The van der Waals surface area contributed by atoms with Crippen molar-refractivity contribution in [3.8, 4) is 5.75 Å². The number of ether oxygens (including phenoxy) is 1. The second-order valence-corrected chi connectivity index (χ2v) is 5.98. The molecule has 0 fully saturated rings. The average Bonchev–Trinajstić information content (AvgIpc) is 3.01. The van der Waals surface area contributed by atoms with Gasteiger partial charge in [-0.2, -0.15) is 0 Å². The largest absolute Gasteiger partial charge is 0.491 e. The monoisotopic (exact) mass is 336 g/mol. The van der Waals surface area contributed by atoms with E-state index in [2.05, 4.69) is 22.2 Å². The molecule has 2 aromatic carbocycles. The van der Waals surface area contributed by atoms with Crippen LogP contribution in [0.2, 0.25) is 0 Å². The van der Waals surface area contributed by atoms with Crippen LogP contribution < -0.4 is 4.74 Å². The molecule has 3 aromatic rings. The standard InChI is InChI=1S/C21H24N2O2/c1-3-9-16-10-5-8-13-20(16)25-15-14-23-18-12-7-6-11-17(18)22-21(23)19(24)4-2/h3,5-8,10-13,19,24H,1,4,9,14-15H2,2H3/t19-/m1/s1. The van der Waals surface area contributed by atoms with Crippen LogP contribution in [0.25, 0.3) is 11.0 Å². The van der Waals surface area contributed by atoms with Crippen LogP contribution in [0.3, 0.4) is 0 Å². The Morgan fingerprint density at radius 2 is 1.96 bits per heavy atom. The van der Waals surface area contributed by atoms with Crippen molar-refractivity contribution in [1.82, 2.24) is 9.55 Å². The summed E-state index contributed by atoms with van der Waals surface area (Å²) >= 11 is 0. The van der Waals surface area contributed by atoms with Gasteiger partial charge in [0.25, 0.3) is 0 Å². The van der Waals surface area contributed by atoms with E-state index < -0.39 is 6.10 Å². The van der Waals surface area contributed by atoms with Crippen molar-refractivity contribution < 1.29 is 9.84 Å². The fraction of sp³-hybridized carbons (Fsp3) is 0.286. The number of aromatic nitrogens is 2. The summed E-state index contributed by atoms with van der Waals surface area (Å²) in [5.41, 5.74) is 3.05. The van der Waals surface area contributed by atoms with Gasteiger partial charge in [-0.15, -0.1) is 6.58 Å². The Bertz CT molecular complexity index is 854. The number of benzene rings is 2. The molecule has 1 atom stereocenters. The number of hydrogen-bond donors (Lipinski definition) is 1. The Balaban J connectivity index is 1.80.